The van der Waals surface area contributed by atoms with Crippen LogP contribution < -0.4 is 9.62 Å². The molecular weight excluding hydrogens is 484 g/mol. The minimum absolute atomic E-state index is 0.0194. The molecule has 2 amide bonds. The van der Waals surface area contributed by atoms with Crippen LogP contribution in [0, 0.1) is 18.6 Å². The third-order valence-corrected chi connectivity index (χ3v) is 7.11. The zero-order chi connectivity index (χ0) is 24.5. The topological polar surface area (TPSA) is 69.7 Å². The predicted octanol–water partition coefficient (Wildman–Crippen LogP) is 5.56. The molecule has 1 heterocycles. The van der Waals surface area contributed by atoms with Crippen LogP contribution in [0.4, 0.5) is 25.0 Å². The van der Waals surface area contributed by atoms with Crippen molar-refractivity contribution >= 4 is 39.0 Å². The lowest BCUT2D eigenvalue weighted by molar-refractivity contribution is 0.191. The van der Waals surface area contributed by atoms with Crippen molar-refractivity contribution in [3.8, 4) is 0 Å². The molecule has 10 heteroatoms. The van der Waals surface area contributed by atoms with E-state index in [1.54, 1.807) is 31.2 Å². The lowest BCUT2D eigenvalue weighted by atomic mass is 10.1. The average molecular weight is 506 g/mol. The van der Waals surface area contributed by atoms with E-state index in [1.165, 1.54) is 34.1 Å². The summed E-state index contributed by atoms with van der Waals surface area (Å²) in [5.74, 6) is -1.45. The van der Waals surface area contributed by atoms with Crippen molar-refractivity contribution < 1.29 is 22.0 Å². The number of carbonyl (C=O) groups is 1. The summed E-state index contributed by atoms with van der Waals surface area (Å²) >= 11 is 5.95. The maximum absolute atomic E-state index is 14.2. The Balaban J connectivity index is 1.65. The van der Waals surface area contributed by atoms with Crippen LogP contribution in [0.5, 0.6) is 0 Å². The highest BCUT2D eigenvalue weighted by atomic mass is 35.5. The Morgan fingerprint density at radius 2 is 1.71 bits per heavy atom. The molecule has 1 saturated heterocycles. The molecule has 0 unspecified atom stereocenters. The highest BCUT2D eigenvalue weighted by molar-refractivity contribution is 7.92. The van der Waals surface area contributed by atoms with Crippen LogP contribution in [0.3, 0.4) is 0 Å². The quantitative estimate of drug-likeness (QED) is 0.477. The lowest BCUT2D eigenvalue weighted by Gasteiger charge is -2.36. The Kier molecular flexibility index (Phi) is 6.77. The first-order valence-corrected chi connectivity index (χ1v) is 12.4. The number of halogens is 3. The second-order valence-electron chi connectivity index (χ2n) is 7.99. The lowest BCUT2D eigenvalue weighted by Crippen LogP contribution is -2.49. The van der Waals surface area contributed by atoms with Gasteiger partial charge in [0, 0.05) is 23.7 Å². The Morgan fingerprint density at radius 1 is 1.00 bits per heavy atom. The van der Waals surface area contributed by atoms with Crippen LogP contribution in [0.2, 0.25) is 5.02 Å². The standard InChI is InChI=1S/C24H22ClF2N3O3S/c1-16-9-10-23(22(13-16)28-34(32,33)18-6-2-5-17(25)14-18)30-12-4-11-29(24(30)31)15-19-20(26)7-3-8-21(19)27/h2-3,5-10,13-14,28H,4,11-12,15H2,1H3. The van der Waals surface area contributed by atoms with Crippen LogP contribution in [-0.4, -0.2) is 32.4 Å². The van der Waals surface area contributed by atoms with Crippen molar-refractivity contribution in [3.05, 3.63) is 88.4 Å². The molecule has 3 aromatic carbocycles. The summed E-state index contributed by atoms with van der Waals surface area (Å²) in [5, 5.41) is 0.273. The van der Waals surface area contributed by atoms with Crippen LogP contribution in [0.1, 0.15) is 17.5 Å². The Hall–Kier alpha value is -3.17. The van der Waals surface area contributed by atoms with Crippen molar-refractivity contribution in [2.75, 3.05) is 22.7 Å². The molecule has 4 rings (SSSR count). The molecule has 0 spiro atoms. The van der Waals surface area contributed by atoms with E-state index in [1.807, 2.05) is 0 Å². The number of amides is 2. The molecule has 3 aromatic rings. The van der Waals surface area contributed by atoms with Crippen LogP contribution >= 0.6 is 11.6 Å². The van der Waals surface area contributed by atoms with Crippen LogP contribution in [0.15, 0.2) is 65.6 Å². The van der Waals surface area contributed by atoms with Gasteiger partial charge in [0.05, 0.1) is 22.8 Å². The molecule has 1 aliphatic rings. The molecule has 6 nitrogen and oxygen atoms in total. The van der Waals surface area contributed by atoms with Crippen molar-refractivity contribution in [1.82, 2.24) is 4.90 Å². The van der Waals surface area contributed by atoms with Crippen molar-refractivity contribution in [1.29, 1.82) is 0 Å². The number of nitrogens with one attached hydrogen (secondary N) is 1. The molecule has 0 radical (unpaired) electrons. The Labute approximate surface area is 201 Å². The molecule has 1 fully saturated rings. The Morgan fingerprint density at radius 3 is 2.41 bits per heavy atom. The molecule has 0 bridgehead atoms. The molecule has 0 atom stereocenters. The Bertz CT molecular complexity index is 1330. The highest BCUT2D eigenvalue weighted by Gasteiger charge is 2.30. The van der Waals surface area contributed by atoms with Crippen molar-refractivity contribution in [3.63, 3.8) is 0 Å². The van der Waals surface area contributed by atoms with Gasteiger partial charge < -0.3 is 4.90 Å². The van der Waals surface area contributed by atoms with Crippen molar-refractivity contribution in [2.24, 2.45) is 0 Å². The number of sulfonamides is 1. The van der Waals surface area contributed by atoms with Gasteiger partial charge in [-0.05, 0) is 61.4 Å². The highest BCUT2D eigenvalue weighted by Crippen LogP contribution is 2.32. The zero-order valence-electron chi connectivity index (χ0n) is 18.3. The van der Waals surface area contributed by atoms with Gasteiger partial charge >= 0.3 is 6.03 Å². The predicted molar refractivity (Wildman–Crippen MR) is 128 cm³/mol. The molecule has 0 aromatic heterocycles. The normalized spacial score (nSPS) is 14.4. The van der Waals surface area contributed by atoms with E-state index in [2.05, 4.69) is 4.72 Å². The summed E-state index contributed by atoms with van der Waals surface area (Å²) in [6.45, 7) is 2.21. The molecule has 34 heavy (non-hydrogen) atoms. The summed E-state index contributed by atoms with van der Waals surface area (Å²) in [7, 11) is -3.99. The molecule has 178 valence electrons. The fraction of sp³-hybridized carbons (Fsp3) is 0.208. The summed E-state index contributed by atoms with van der Waals surface area (Å²) in [6, 6.07) is 14.0. The van der Waals surface area contributed by atoms with Gasteiger partial charge in [-0.1, -0.05) is 29.8 Å². The minimum atomic E-state index is -3.99. The number of urea groups is 1. The third-order valence-electron chi connectivity index (χ3n) is 5.52. The molecule has 1 N–H and O–H groups in total. The number of carbonyl (C=O) groups excluding carboxylic acids is 1. The summed E-state index contributed by atoms with van der Waals surface area (Å²) in [4.78, 5) is 16.0. The van der Waals surface area contributed by atoms with Gasteiger partial charge in [-0.25, -0.2) is 22.0 Å². The average Bonchev–Trinajstić information content (AvgIpc) is 2.78. The number of hydrogen-bond acceptors (Lipinski definition) is 3. The van der Waals surface area contributed by atoms with E-state index in [4.69, 9.17) is 11.6 Å². The van der Waals surface area contributed by atoms with Gasteiger partial charge in [-0.2, -0.15) is 0 Å². The second kappa shape index (κ2) is 9.60. The van der Waals surface area contributed by atoms with E-state index >= 15 is 0 Å². The SMILES string of the molecule is Cc1ccc(N2CCCN(Cc3c(F)cccc3F)C2=O)c(NS(=O)(=O)c2cccc(Cl)c2)c1. The van der Waals surface area contributed by atoms with Crippen LogP contribution in [0.25, 0.3) is 0 Å². The third kappa shape index (κ3) is 5.00. The molecule has 0 aliphatic carbocycles. The fourth-order valence-corrected chi connectivity index (χ4v) is 5.20. The van der Waals surface area contributed by atoms with Gasteiger partial charge in [0.1, 0.15) is 11.6 Å². The number of benzene rings is 3. The van der Waals surface area contributed by atoms with Gasteiger partial charge in [0.15, 0.2) is 0 Å². The number of aryl methyl sites for hydroxylation is 1. The van der Waals surface area contributed by atoms with E-state index in [-0.39, 0.29) is 27.7 Å². The summed E-state index contributed by atoms with van der Waals surface area (Å²) in [5.41, 5.74) is 1.15. The molecular formula is C24H22ClF2N3O3S. The summed E-state index contributed by atoms with van der Waals surface area (Å²) < 4.78 is 56.9. The van der Waals surface area contributed by atoms with E-state index < -0.39 is 27.7 Å². The summed E-state index contributed by atoms with van der Waals surface area (Å²) in [6.07, 6.45) is 0.538. The van der Waals surface area contributed by atoms with Gasteiger partial charge in [-0.15, -0.1) is 0 Å². The number of nitrogens with zero attached hydrogens (tertiary/aromatic N) is 2. The van der Waals surface area contributed by atoms with E-state index in [0.29, 0.717) is 25.2 Å². The van der Waals surface area contributed by atoms with Gasteiger partial charge in [-0.3, -0.25) is 9.62 Å². The minimum Gasteiger partial charge on any atom is -0.320 e. The second-order valence-corrected chi connectivity index (χ2v) is 10.1. The van der Waals surface area contributed by atoms with Crippen molar-refractivity contribution in [2.45, 2.75) is 24.8 Å². The first-order chi connectivity index (χ1) is 16.2. The maximum atomic E-state index is 14.2. The molecule has 1 aliphatic heterocycles. The maximum Gasteiger partial charge on any atom is 0.324 e. The molecule has 0 saturated carbocycles. The first kappa shape index (κ1) is 24.0. The smallest absolute Gasteiger partial charge is 0.320 e. The van der Waals surface area contributed by atoms with Gasteiger partial charge in [0.2, 0.25) is 0 Å². The van der Waals surface area contributed by atoms with Crippen LogP contribution in [-0.2, 0) is 16.6 Å². The zero-order valence-corrected chi connectivity index (χ0v) is 19.8. The number of rotatable bonds is 6. The monoisotopic (exact) mass is 505 g/mol. The van der Waals surface area contributed by atoms with E-state index in [0.717, 1.165) is 17.7 Å². The largest absolute Gasteiger partial charge is 0.324 e. The number of anilines is 2. The van der Waals surface area contributed by atoms with Gasteiger partial charge in [0.25, 0.3) is 10.0 Å². The first-order valence-electron chi connectivity index (χ1n) is 10.5. The van der Waals surface area contributed by atoms with E-state index in [9.17, 15) is 22.0 Å². The number of hydrogen-bond donors (Lipinski definition) is 1. The fourth-order valence-electron chi connectivity index (χ4n) is 3.83.